The Kier molecular flexibility index (Phi) is 4.61. The number of aromatic nitrogens is 2. The molecule has 0 aliphatic rings. The van der Waals surface area contributed by atoms with Crippen molar-refractivity contribution in [1.29, 1.82) is 0 Å². The number of nitrogens with zero attached hydrogens (tertiary/aromatic N) is 2. The van der Waals surface area contributed by atoms with E-state index in [1.807, 2.05) is 41.1 Å². The molecule has 0 bridgehead atoms. The van der Waals surface area contributed by atoms with Crippen LogP contribution in [-0.2, 0) is 11.3 Å². The number of hydrogen-bond acceptors (Lipinski definition) is 3. The molecule has 2 aromatic carbocycles. The summed E-state index contributed by atoms with van der Waals surface area (Å²) < 4.78 is 1.95. The normalized spacial score (nSPS) is 10.4. The molecule has 0 unspecified atom stereocenters. The van der Waals surface area contributed by atoms with E-state index >= 15 is 0 Å². The summed E-state index contributed by atoms with van der Waals surface area (Å²) in [5.41, 5.74) is 2.78. The first-order valence-corrected chi connectivity index (χ1v) is 7.74. The third-order valence-corrected chi connectivity index (χ3v) is 3.71. The highest BCUT2D eigenvalue weighted by Crippen LogP contribution is 2.21. The molecule has 2 N–H and O–H groups in total. The predicted molar refractivity (Wildman–Crippen MR) is 94.5 cm³/mol. The Morgan fingerprint density at radius 1 is 1.16 bits per heavy atom. The van der Waals surface area contributed by atoms with Gasteiger partial charge in [-0.15, -0.1) is 0 Å². The van der Waals surface area contributed by atoms with Crippen LogP contribution in [0.15, 0.2) is 60.9 Å². The van der Waals surface area contributed by atoms with Crippen molar-refractivity contribution in [3.05, 3.63) is 72.1 Å². The molecule has 0 atom stereocenters. The molecule has 6 heteroatoms. The zero-order chi connectivity index (χ0) is 17.8. The number of carboxylic acid groups (broad SMARTS) is 1. The van der Waals surface area contributed by atoms with E-state index in [1.54, 1.807) is 24.4 Å². The maximum Gasteiger partial charge on any atom is 0.335 e. The second-order valence-electron chi connectivity index (χ2n) is 5.64. The molecule has 0 aliphatic carbocycles. The van der Waals surface area contributed by atoms with Crippen molar-refractivity contribution in [2.75, 3.05) is 5.32 Å². The monoisotopic (exact) mass is 335 g/mol. The van der Waals surface area contributed by atoms with Gasteiger partial charge >= 0.3 is 5.97 Å². The van der Waals surface area contributed by atoms with E-state index in [1.165, 1.54) is 6.92 Å². The van der Waals surface area contributed by atoms with Gasteiger partial charge in [-0.05, 0) is 42.0 Å². The van der Waals surface area contributed by atoms with Crippen LogP contribution in [0.3, 0.4) is 0 Å². The Morgan fingerprint density at radius 3 is 2.60 bits per heavy atom. The number of anilines is 1. The summed E-state index contributed by atoms with van der Waals surface area (Å²) in [6.45, 7) is 1.98. The lowest BCUT2D eigenvalue weighted by molar-refractivity contribution is -0.114. The molecule has 0 spiro atoms. The van der Waals surface area contributed by atoms with Gasteiger partial charge in [0.2, 0.25) is 5.91 Å². The second kappa shape index (κ2) is 7.00. The Hall–Kier alpha value is -3.41. The van der Waals surface area contributed by atoms with Crippen LogP contribution < -0.4 is 5.32 Å². The van der Waals surface area contributed by atoms with Crippen LogP contribution in [0, 0.1) is 0 Å². The maximum absolute atomic E-state index is 11.1. The molecule has 126 valence electrons. The lowest BCUT2D eigenvalue weighted by Gasteiger charge is -2.10. The summed E-state index contributed by atoms with van der Waals surface area (Å²) in [5, 5.41) is 11.8. The van der Waals surface area contributed by atoms with Crippen LogP contribution in [-0.4, -0.2) is 26.5 Å². The lowest BCUT2D eigenvalue weighted by atomic mass is 10.1. The number of carbonyl (C=O) groups is 2. The van der Waals surface area contributed by atoms with Crippen molar-refractivity contribution >= 4 is 17.6 Å². The zero-order valence-electron chi connectivity index (χ0n) is 13.6. The van der Waals surface area contributed by atoms with Crippen LogP contribution >= 0.6 is 0 Å². The number of benzene rings is 2. The first-order chi connectivity index (χ1) is 12.0. The number of amides is 1. The fourth-order valence-electron chi connectivity index (χ4n) is 2.60. The largest absolute Gasteiger partial charge is 0.478 e. The Balaban J connectivity index is 1.84. The minimum atomic E-state index is -0.943. The minimum absolute atomic E-state index is 0.118. The van der Waals surface area contributed by atoms with E-state index in [0.717, 1.165) is 22.6 Å². The molecule has 6 nitrogen and oxygen atoms in total. The number of carbonyl (C=O) groups excluding carboxylic acids is 1. The van der Waals surface area contributed by atoms with Crippen molar-refractivity contribution in [2.24, 2.45) is 0 Å². The zero-order valence-corrected chi connectivity index (χ0v) is 13.6. The van der Waals surface area contributed by atoms with E-state index < -0.39 is 5.97 Å². The smallest absolute Gasteiger partial charge is 0.335 e. The molecule has 1 aromatic heterocycles. The number of imidazole rings is 1. The molecule has 0 fully saturated rings. The van der Waals surface area contributed by atoms with Gasteiger partial charge in [0, 0.05) is 37.1 Å². The third kappa shape index (κ3) is 3.92. The Morgan fingerprint density at radius 2 is 1.92 bits per heavy atom. The van der Waals surface area contributed by atoms with Crippen molar-refractivity contribution < 1.29 is 14.7 Å². The molecule has 25 heavy (non-hydrogen) atoms. The van der Waals surface area contributed by atoms with Gasteiger partial charge in [0.1, 0.15) is 5.82 Å². The quantitative estimate of drug-likeness (QED) is 0.749. The molecule has 3 aromatic rings. The van der Waals surface area contributed by atoms with E-state index in [4.69, 9.17) is 5.11 Å². The van der Waals surface area contributed by atoms with Gasteiger partial charge in [-0.1, -0.05) is 12.1 Å². The van der Waals surface area contributed by atoms with Crippen LogP contribution in [0.2, 0.25) is 0 Å². The predicted octanol–water partition coefficient (Wildman–Crippen LogP) is 3.26. The SMILES string of the molecule is CC(=O)Nc1ccc(-c2nccn2Cc2cccc(C(=O)O)c2)cc1. The number of aromatic carboxylic acids is 1. The van der Waals surface area contributed by atoms with E-state index in [0.29, 0.717) is 6.54 Å². The summed E-state index contributed by atoms with van der Waals surface area (Å²) in [4.78, 5) is 26.6. The molecule has 0 saturated carbocycles. The molecule has 0 radical (unpaired) electrons. The summed E-state index contributed by atoms with van der Waals surface area (Å²) in [7, 11) is 0. The number of hydrogen-bond donors (Lipinski definition) is 2. The van der Waals surface area contributed by atoms with E-state index in [2.05, 4.69) is 10.3 Å². The van der Waals surface area contributed by atoms with Crippen molar-refractivity contribution in [3.8, 4) is 11.4 Å². The van der Waals surface area contributed by atoms with E-state index in [9.17, 15) is 9.59 Å². The molecule has 0 aliphatic heterocycles. The molecule has 3 rings (SSSR count). The maximum atomic E-state index is 11.1. The highest BCUT2D eigenvalue weighted by atomic mass is 16.4. The van der Waals surface area contributed by atoms with Crippen molar-refractivity contribution in [2.45, 2.75) is 13.5 Å². The van der Waals surface area contributed by atoms with Gasteiger partial charge in [-0.2, -0.15) is 0 Å². The molecule has 1 heterocycles. The van der Waals surface area contributed by atoms with Crippen LogP contribution in [0.4, 0.5) is 5.69 Å². The summed E-state index contributed by atoms with van der Waals surface area (Å²) in [5.74, 6) is -0.288. The van der Waals surface area contributed by atoms with Crippen molar-refractivity contribution in [1.82, 2.24) is 9.55 Å². The minimum Gasteiger partial charge on any atom is -0.478 e. The summed E-state index contributed by atoms with van der Waals surface area (Å²) >= 11 is 0. The topological polar surface area (TPSA) is 84.2 Å². The third-order valence-electron chi connectivity index (χ3n) is 3.71. The molecular weight excluding hydrogens is 318 g/mol. The van der Waals surface area contributed by atoms with Crippen LogP contribution in [0.1, 0.15) is 22.8 Å². The molecule has 1 amide bonds. The van der Waals surface area contributed by atoms with Crippen LogP contribution in [0.25, 0.3) is 11.4 Å². The van der Waals surface area contributed by atoms with E-state index in [-0.39, 0.29) is 11.5 Å². The number of rotatable bonds is 5. The van der Waals surface area contributed by atoms with Gasteiger partial charge in [-0.25, -0.2) is 9.78 Å². The molecule has 0 saturated heterocycles. The fraction of sp³-hybridized carbons (Fsp3) is 0.105. The standard InChI is InChI=1S/C19H17N3O3/c1-13(23)21-17-7-5-15(6-8-17)18-20-9-10-22(18)12-14-3-2-4-16(11-14)19(24)25/h2-11H,12H2,1H3,(H,21,23)(H,24,25). The van der Waals surface area contributed by atoms with Gasteiger partial charge in [0.25, 0.3) is 0 Å². The van der Waals surface area contributed by atoms with Crippen molar-refractivity contribution in [3.63, 3.8) is 0 Å². The van der Waals surface area contributed by atoms with Crippen LogP contribution in [0.5, 0.6) is 0 Å². The Labute approximate surface area is 144 Å². The highest BCUT2D eigenvalue weighted by Gasteiger charge is 2.09. The van der Waals surface area contributed by atoms with Gasteiger partial charge < -0.3 is 15.0 Å². The average Bonchev–Trinajstić information content (AvgIpc) is 3.03. The summed E-state index contributed by atoms with van der Waals surface area (Å²) in [6, 6.07) is 14.3. The molecular formula is C19H17N3O3. The second-order valence-corrected chi connectivity index (χ2v) is 5.64. The first kappa shape index (κ1) is 16.4. The van der Waals surface area contributed by atoms with Gasteiger partial charge in [-0.3, -0.25) is 4.79 Å². The number of nitrogens with one attached hydrogen (secondary N) is 1. The summed E-state index contributed by atoms with van der Waals surface area (Å²) in [6.07, 6.45) is 3.56. The van der Waals surface area contributed by atoms with Gasteiger partial charge in [0.15, 0.2) is 0 Å². The first-order valence-electron chi connectivity index (χ1n) is 7.74. The lowest BCUT2D eigenvalue weighted by Crippen LogP contribution is -2.06. The Bertz CT molecular complexity index is 914. The highest BCUT2D eigenvalue weighted by molar-refractivity contribution is 5.89. The fourth-order valence-corrected chi connectivity index (χ4v) is 2.60. The van der Waals surface area contributed by atoms with Gasteiger partial charge in [0.05, 0.1) is 5.56 Å². The number of carboxylic acids is 1. The average molecular weight is 335 g/mol.